The van der Waals surface area contributed by atoms with Gasteiger partial charge in [0.1, 0.15) is 6.04 Å². The van der Waals surface area contributed by atoms with E-state index in [0.29, 0.717) is 13.0 Å². The lowest BCUT2D eigenvalue weighted by molar-refractivity contribution is -0.139. The summed E-state index contributed by atoms with van der Waals surface area (Å²) in [5, 5.41) is 13.9. The van der Waals surface area contributed by atoms with Gasteiger partial charge in [0.15, 0.2) is 0 Å². The van der Waals surface area contributed by atoms with Crippen LogP contribution in [-0.2, 0) is 9.53 Å². The van der Waals surface area contributed by atoms with Crippen molar-refractivity contribution in [2.45, 2.75) is 39.3 Å². The Morgan fingerprint density at radius 3 is 2.24 bits per heavy atom. The Balaban J connectivity index is 4.26. The maximum atomic E-state index is 11.6. The van der Waals surface area contributed by atoms with Crippen molar-refractivity contribution in [3.05, 3.63) is 0 Å². The Bertz CT molecular complexity index is 256. The summed E-state index contributed by atoms with van der Waals surface area (Å²) in [6.45, 7) is 6.01. The second kappa shape index (κ2) is 7.89. The molecule has 6 nitrogen and oxygen atoms in total. The predicted octanol–water partition coefficient (Wildman–Crippen LogP) is 0.820. The topological polar surface area (TPSA) is 87.7 Å². The Morgan fingerprint density at radius 1 is 1.29 bits per heavy atom. The fourth-order valence-electron chi connectivity index (χ4n) is 1.29. The number of nitrogens with one attached hydrogen (secondary N) is 2. The normalized spacial score (nSPS) is 14.2. The number of methoxy groups -OCH3 is 1. The molecule has 0 saturated carbocycles. The van der Waals surface area contributed by atoms with Gasteiger partial charge >= 0.3 is 12.0 Å². The largest absolute Gasteiger partial charge is 0.480 e. The minimum absolute atomic E-state index is 0.133. The predicted molar refractivity (Wildman–Crippen MR) is 63.9 cm³/mol. The number of urea groups is 1. The molecule has 17 heavy (non-hydrogen) atoms. The van der Waals surface area contributed by atoms with Gasteiger partial charge in [0.2, 0.25) is 0 Å². The van der Waals surface area contributed by atoms with Crippen LogP contribution in [0.5, 0.6) is 0 Å². The number of amides is 2. The van der Waals surface area contributed by atoms with E-state index in [2.05, 4.69) is 10.6 Å². The van der Waals surface area contributed by atoms with Crippen molar-refractivity contribution < 1.29 is 19.4 Å². The van der Waals surface area contributed by atoms with E-state index in [-0.39, 0.29) is 12.0 Å². The fraction of sp³-hybridized carbons (Fsp3) is 0.818. The molecule has 0 rings (SSSR count). The van der Waals surface area contributed by atoms with Gasteiger partial charge < -0.3 is 20.5 Å². The zero-order valence-electron chi connectivity index (χ0n) is 10.8. The summed E-state index contributed by atoms with van der Waals surface area (Å²) in [5.74, 6) is -0.818. The molecule has 6 heteroatoms. The molecule has 0 aliphatic heterocycles. The average molecular weight is 246 g/mol. The zero-order valence-corrected chi connectivity index (χ0v) is 10.8. The smallest absolute Gasteiger partial charge is 0.326 e. The molecule has 2 atom stereocenters. The summed E-state index contributed by atoms with van der Waals surface area (Å²) in [6.07, 6.45) is 0.347. The lowest BCUT2D eigenvalue weighted by atomic mass is 10.1. The SMILES string of the molecule is CC[C@H](NC(=O)NC(COC)C(C)C)C(=O)O. The maximum absolute atomic E-state index is 11.6. The Hall–Kier alpha value is -1.30. The van der Waals surface area contributed by atoms with Gasteiger partial charge in [-0.25, -0.2) is 9.59 Å². The number of rotatable bonds is 7. The van der Waals surface area contributed by atoms with Crippen LogP contribution in [0.3, 0.4) is 0 Å². The van der Waals surface area contributed by atoms with Crippen LogP contribution in [0.15, 0.2) is 0 Å². The molecule has 0 fully saturated rings. The lowest BCUT2D eigenvalue weighted by Gasteiger charge is -2.22. The van der Waals surface area contributed by atoms with Crippen molar-refractivity contribution in [1.82, 2.24) is 10.6 Å². The number of ether oxygens (including phenoxy) is 1. The van der Waals surface area contributed by atoms with Gasteiger partial charge in [-0.3, -0.25) is 0 Å². The van der Waals surface area contributed by atoms with Crippen LogP contribution >= 0.6 is 0 Å². The van der Waals surface area contributed by atoms with Crippen molar-refractivity contribution in [1.29, 1.82) is 0 Å². The molecule has 3 N–H and O–H groups in total. The lowest BCUT2D eigenvalue weighted by Crippen LogP contribution is -2.51. The first-order valence-electron chi connectivity index (χ1n) is 5.71. The van der Waals surface area contributed by atoms with Gasteiger partial charge in [-0.1, -0.05) is 20.8 Å². The van der Waals surface area contributed by atoms with Crippen LogP contribution in [0.4, 0.5) is 4.79 Å². The van der Waals surface area contributed by atoms with E-state index in [9.17, 15) is 9.59 Å². The van der Waals surface area contributed by atoms with E-state index in [1.54, 1.807) is 14.0 Å². The zero-order chi connectivity index (χ0) is 13.4. The van der Waals surface area contributed by atoms with Crippen LogP contribution in [0.1, 0.15) is 27.2 Å². The van der Waals surface area contributed by atoms with Crippen LogP contribution in [0.25, 0.3) is 0 Å². The highest BCUT2D eigenvalue weighted by Crippen LogP contribution is 2.02. The molecule has 0 heterocycles. The number of hydrogen-bond acceptors (Lipinski definition) is 3. The number of carbonyl (C=O) groups is 2. The van der Waals surface area contributed by atoms with E-state index in [1.807, 2.05) is 13.8 Å². The molecule has 0 aromatic heterocycles. The second-order valence-corrected chi connectivity index (χ2v) is 4.22. The third kappa shape index (κ3) is 6.11. The van der Waals surface area contributed by atoms with E-state index in [1.165, 1.54) is 0 Å². The molecule has 0 aromatic rings. The molecule has 0 bridgehead atoms. The van der Waals surface area contributed by atoms with Gasteiger partial charge in [-0.2, -0.15) is 0 Å². The molecular formula is C11H22N2O4. The monoisotopic (exact) mass is 246 g/mol. The first-order valence-corrected chi connectivity index (χ1v) is 5.71. The van der Waals surface area contributed by atoms with Gasteiger partial charge in [-0.05, 0) is 12.3 Å². The van der Waals surface area contributed by atoms with Crippen LogP contribution < -0.4 is 10.6 Å². The molecule has 0 radical (unpaired) electrons. The summed E-state index contributed by atoms with van der Waals surface area (Å²) in [5.41, 5.74) is 0. The van der Waals surface area contributed by atoms with Gasteiger partial charge in [0.25, 0.3) is 0 Å². The summed E-state index contributed by atoms with van der Waals surface area (Å²) >= 11 is 0. The van der Waals surface area contributed by atoms with E-state index < -0.39 is 18.0 Å². The summed E-state index contributed by atoms with van der Waals surface area (Å²) in [6, 6.07) is -1.47. The average Bonchev–Trinajstić information content (AvgIpc) is 2.24. The highest BCUT2D eigenvalue weighted by molar-refractivity contribution is 5.82. The third-order valence-electron chi connectivity index (χ3n) is 2.48. The van der Waals surface area contributed by atoms with Gasteiger partial charge in [-0.15, -0.1) is 0 Å². The first-order chi connectivity index (χ1) is 7.92. The molecule has 0 aromatic carbocycles. The van der Waals surface area contributed by atoms with E-state index in [4.69, 9.17) is 9.84 Å². The number of carbonyl (C=O) groups excluding carboxylic acids is 1. The molecule has 2 amide bonds. The Kier molecular flexibility index (Phi) is 7.29. The van der Waals surface area contributed by atoms with Crippen molar-refractivity contribution in [2.75, 3.05) is 13.7 Å². The van der Waals surface area contributed by atoms with Crippen LogP contribution in [-0.4, -0.2) is 42.9 Å². The number of carboxylic acid groups (broad SMARTS) is 1. The van der Waals surface area contributed by atoms with Crippen molar-refractivity contribution >= 4 is 12.0 Å². The van der Waals surface area contributed by atoms with E-state index in [0.717, 1.165) is 0 Å². The first kappa shape index (κ1) is 15.7. The summed E-state index contributed by atoms with van der Waals surface area (Å²) in [7, 11) is 1.56. The number of carboxylic acids is 1. The van der Waals surface area contributed by atoms with Gasteiger partial charge in [0.05, 0.1) is 12.6 Å². The number of hydrogen-bond donors (Lipinski definition) is 3. The minimum Gasteiger partial charge on any atom is -0.480 e. The second-order valence-electron chi connectivity index (χ2n) is 4.22. The quantitative estimate of drug-likeness (QED) is 0.620. The molecule has 1 unspecified atom stereocenters. The van der Waals surface area contributed by atoms with Crippen LogP contribution in [0, 0.1) is 5.92 Å². The summed E-state index contributed by atoms with van der Waals surface area (Å²) < 4.78 is 4.99. The number of aliphatic carboxylic acids is 1. The van der Waals surface area contributed by atoms with E-state index >= 15 is 0 Å². The standard InChI is InChI=1S/C11H22N2O4/c1-5-8(10(14)15)12-11(16)13-9(6-17-4)7(2)3/h7-9H,5-6H2,1-4H3,(H,14,15)(H2,12,13,16)/t8-,9?/m0/s1. The molecular weight excluding hydrogens is 224 g/mol. The van der Waals surface area contributed by atoms with Crippen LogP contribution in [0.2, 0.25) is 0 Å². The summed E-state index contributed by atoms with van der Waals surface area (Å²) in [4.78, 5) is 22.3. The van der Waals surface area contributed by atoms with Crippen molar-refractivity contribution in [2.24, 2.45) is 5.92 Å². The highest BCUT2D eigenvalue weighted by Gasteiger charge is 2.20. The van der Waals surface area contributed by atoms with Crippen molar-refractivity contribution in [3.63, 3.8) is 0 Å². The maximum Gasteiger partial charge on any atom is 0.326 e. The Labute approximate surface area is 102 Å². The molecule has 0 aliphatic carbocycles. The third-order valence-corrected chi connectivity index (χ3v) is 2.48. The Morgan fingerprint density at radius 2 is 1.88 bits per heavy atom. The molecule has 0 saturated heterocycles. The molecule has 0 spiro atoms. The minimum atomic E-state index is -1.03. The van der Waals surface area contributed by atoms with Gasteiger partial charge in [0, 0.05) is 7.11 Å². The molecule has 0 aliphatic rings. The fourth-order valence-corrected chi connectivity index (χ4v) is 1.29. The van der Waals surface area contributed by atoms with Crippen molar-refractivity contribution in [3.8, 4) is 0 Å². The highest BCUT2D eigenvalue weighted by atomic mass is 16.5. The molecule has 100 valence electrons.